The normalized spacial score (nSPS) is 16.1. The molecular weight excluding hydrogens is 311 g/mol. The van der Waals surface area contributed by atoms with Gasteiger partial charge in [-0.15, -0.1) is 0 Å². The van der Waals surface area contributed by atoms with Gasteiger partial charge in [0.1, 0.15) is 0 Å². The lowest BCUT2D eigenvalue weighted by atomic mass is 10.0. The minimum atomic E-state index is -4.52. The van der Waals surface area contributed by atoms with E-state index < -0.39 is 23.8 Å². The number of amides is 1. The van der Waals surface area contributed by atoms with Crippen molar-refractivity contribution in [3.8, 4) is 0 Å². The molecule has 1 unspecified atom stereocenters. The second kappa shape index (κ2) is 5.69. The Morgan fingerprint density at radius 2 is 2.04 bits per heavy atom. The number of carbonyl (C=O) groups excluding carboxylic acids is 1. The van der Waals surface area contributed by atoms with E-state index in [1.807, 2.05) is 0 Å². The molecule has 3 rings (SSSR count). The van der Waals surface area contributed by atoms with Crippen LogP contribution in [0.4, 0.5) is 13.2 Å². The van der Waals surface area contributed by atoms with Crippen LogP contribution < -0.4 is 0 Å². The predicted octanol–water partition coefficient (Wildman–Crippen LogP) is 1.98. The average molecular weight is 325 g/mol. The molecule has 1 aliphatic heterocycles. The molecule has 0 radical (unpaired) electrons. The molecule has 0 spiro atoms. The van der Waals surface area contributed by atoms with Crippen LogP contribution in [0.15, 0.2) is 36.5 Å². The Morgan fingerprint density at radius 3 is 2.78 bits per heavy atom. The Hall–Kier alpha value is -2.35. The fourth-order valence-electron chi connectivity index (χ4n) is 2.57. The highest BCUT2D eigenvalue weighted by Gasteiger charge is 2.32. The van der Waals surface area contributed by atoms with Crippen LogP contribution in [0.1, 0.15) is 22.9 Å². The van der Waals surface area contributed by atoms with Gasteiger partial charge in [0.2, 0.25) is 0 Å². The van der Waals surface area contributed by atoms with Crippen molar-refractivity contribution in [2.75, 3.05) is 6.54 Å². The van der Waals surface area contributed by atoms with Crippen LogP contribution in [-0.4, -0.2) is 32.2 Å². The summed E-state index contributed by atoms with van der Waals surface area (Å²) in [6.45, 7) is 1.11. The van der Waals surface area contributed by atoms with E-state index in [0.717, 1.165) is 17.8 Å². The minimum absolute atomic E-state index is 0.0658. The van der Waals surface area contributed by atoms with Gasteiger partial charge in [-0.25, -0.2) is 0 Å². The van der Waals surface area contributed by atoms with Crippen LogP contribution >= 0.6 is 0 Å². The van der Waals surface area contributed by atoms with Crippen molar-refractivity contribution in [2.45, 2.75) is 25.4 Å². The van der Waals surface area contributed by atoms with Crippen molar-refractivity contribution >= 4 is 5.91 Å². The molecule has 1 atom stereocenters. The Morgan fingerprint density at radius 1 is 1.26 bits per heavy atom. The van der Waals surface area contributed by atoms with Gasteiger partial charge in [0.25, 0.3) is 5.91 Å². The number of aromatic nitrogens is 2. The Kier molecular flexibility index (Phi) is 3.85. The van der Waals surface area contributed by atoms with Crippen molar-refractivity contribution in [1.82, 2.24) is 14.7 Å². The number of aliphatic hydroxyl groups is 1. The van der Waals surface area contributed by atoms with Gasteiger partial charge in [-0.3, -0.25) is 9.48 Å². The second-order valence-electron chi connectivity index (χ2n) is 5.33. The molecular formula is C15H14F3N3O2. The first kappa shape index (κ1) is 15.5. The number of hydrogen-bond donors (Lipinski definition) is 1. The van der Waals surface area contributed by atoms with E-state index in [2.05, 4.69) is 5.10 Å². The fraction of sp³-hybridized carbons (Fsp3) is 0.333. The molecule has 1 aliphatic rings. The maximum Gasteiger partial charge on any atom is 0.416 e. The van der Waals surface area contributed by atoms with E-state index in [1.54, 1.807) is 16.9 Å². The first-order chi connectivity index (χ1) is 10.9. The standard InChI is InChI=1S/C15H14F3N3O2/c16-15(17,18)11-3-1-2-10(8-11)13(22)14(23)20-6-7-21-12(9-20)4-5-19-21/h1-5,8,13,22H,6-7,9H2. The SMILES string of the molecule is O=C(C(O)c1cccc(C(F)(F)F)c1)N1CCn2nccc2C1. The van der Waals surface area contributed by atoms with Gasteiger partial charge < -0.3 is 10.0 Å². The lowest BCUT2D eigenvalue weighted by Crippen LogP contribution is -2.41. The van der Waals surface area contributed by atoms with Crippen molar-refractivity contribution in [2.24, 2.45) is 0 Å². The summed E-state index contributed by atoms with van der Waals surface area (Å²) in [7, 11) is 0. The maximum atomic E-state index is 12.7. The lowest BCUT2D eigenvalue weighted by Gasteiger charge is -2.29. The van der Waals surface area contributed by atoms with Crippen molar-refractivity contribution in [1.29, 1.82) is 0 Å². The molecule has 0 saturated heterocycles. The van der Waals surface area contributed by atoms with Gasteiger partial charge in [0, 0.05) is 12.7 Å². The third-order valence-corrected chi connectivity index (χ3v) is 3.81. The summed E-state index contributed by atoms with van der Waals surface area (Å²) >= 11 is 0. The van der Waals surface area contributed by atoms with Gasteiger partial charge in [-0.05, 0) is 23.8 Å². The first-order valence-electron chi connectivity index (χ1n) is 7.01. The zero-order valence-corrected chi connectivity index (χ0v) is 12.0. The highest BCUT2D eigenvalue weighted by Crippen LogP contribution is 2.31. The molecule has 122 valence electrons. The molecule has 0 bridgehead atoms. The van der Waals surface area contributed by atoms with Gasteiger partial charge in [-0.2, -0.15) is 18.3 Å². The van der Waals surface area contributed by atoms with Crippen molar-refractivity contribution < 1.29 is 23.1 Å². The summed E-state index contributed by atoms with van der Waals surface area (Å²) < 4.78 is 39.9. The maximum absolute atomic E-state index is 12.7. The molecule has 23 heavy (non-hydrogen) atoms. The number of benzene rings is 1. The lowest BCUT2D eigenvalue weighted by molar-refractivity contribution is -0.143. The molecule has 1 N–H and O–H groups in total. The quantitative estimate of drug-likeness (QED) is 0.918. The number of halogens is 3. The molecule has 1 aromatic carbocycles. The zero-order valence-electron chi connectivity index (χ0n) is 12.0. The molecule has 1 amide bonds. The van der Waals surface area contributed by atoms with E-state index in [1.165, 1.54) is 17.0 Å². The summed E-state index contributed by atoms with van der Waals surface area (Å²) in [5.74, 6) is -0.614. The summed E-state index contributed by atoms with van der Waals surface area (Å²) in [6, 6.07) is 5.96. The summed E-state index contributed by atoms with van der Waals surface area (Å²) in [5.41, 5.74) is -0.136. The molecule has 8 heteroatoms. The van der Waals surface area contributed by atoms with E-state index in [4.69, 9.17) is 0 Å². The number of hydrogen-bond acceptors (Lipinski definition) is 3. The summed E-state index contributed by atoms with van der Waals surface area (Å²) in [6.07, 6.45) is -4.52. The molecule has 0 fully saturated rings. The van der Waals surface area contributed by atoms with E-state index in [9.17, 15) is 23.1 Å². The zero-order chi connectivity index (χ0) is 16.6. The second-order valence-corrected chi connectivity index (χ2v) is 5.33. The molecule has 0 saturated carbocycles. The number of carbonyl (C=O) groups is 1. The largest absolute Gasteiger partial charge is 0.416 e. The molecule has 0 aliphatic carbocycles. The Labute approximate surface area is 129 Å². The smallest absolute Gasteiger partial charge is 0.378 e. The number of rotatable bonds is 2. The van der Waals surface area contributed by atoms with E-state index >= 15 is 0 Å². The molecule has 5 nitrogen and oxygen atoms in total. The Bertz CT molecular complexity index is 727. The summed E-state index contributed by atoms with van der Waals surface area (Å²) in [5, 5.41) is 14.2. The number of fused-ring (bicyclic) bond motifs is 1. The Balaban J connectivity index is 1.78. The van der Waals surface area contributed by atoms with Crippen molar-refractivity contribution in [3.63, 3.8) is 0 Å². The van der Waals surface area contributed by atoms with Gasteiger partial charge in [0.15, 0.2) is 6.10 Å². The van der Waals surface area contributed by atoms with E-state index in [-0.39, 0.29) is 12.1 Å². The van der Waals surface area contributed by atoms with Gasteiger partial charge in [0.05, 0.1) is 24.3 Å². The topological polar surface area (TPSA) is 58.4 Å². The number of nitrogens with zero attached hydrogens (tertiary/aromatic N) is 3. The van der Waals surface area contributed by atoms with Crippen LogP contribution in [0.25, 0.3) is 0 Å². The number of aliphatic hydroxyl groups excluding tert-OH is 1. The van der Waals surface area contributed by atoms with Crippen LogP contribution in [0.5, 0.6) is 0 Å². The molecule has 1 aromatic heterocycles. The third-order valence-electron chi connectivity index (χ3n) is 3.81. The monoisotopic (exact) mass is 325 g/mol. The highest BCUT2D eigenvalue weighted by atomic mass is 19.4. The van der Waals surface area contributed by atoms with Crippen molar-refractivity contribution in [3.05, 3.63) is 53.3 Å². The van der Waals surface area contributed by atoms with Crippen LogP contribution in [0.2, 0.25) is 0 Å². The number of alkyl halides is 3. The van der Waals surface area contributed by atoms with Crippen LogP contribution in [-0.2, 0) is 24.1 Å². The highest BCUT2D eigenvalue weighted by molar-refractivity contribution is 5.82. The first-order valence-corrected chi connectivity index (χ1v) is 7.01. The fourth-order valence-corrected chi connectivity index (χ4v) is 2.57. The molecule has 2 aromatic rings. The van der Waals surface area contributed by atoms with Gasteiger partial charge >= 0.3 is 6.18 Å². The van der Waals surface area contributed by atoms with Crippen LogP contribution in [0.3, 0.4) is 0 Å². The third kappa shape index (κ3) is 3.07. The summed E-state index contributed by atoms with van der Waals surface area (Å²) in [4.78, 5) is 13.8. The average Bonchev–Trinajstić information content (AvgIpc) is 3.00. The van der Waals surface area contributed by atoms with Crippen LogP contribution in [0, 0.1) is 0 Å². The van der Waals surface area contributed by atoms with Gasteiger partial charge in [-0.1, -0.05) is 12.1 Å². The minimum Gasteiger partial charge on any atom is -0.378 e. The predicted molar refractivity (Wildman–Crippen MR) is 74.0 cm³/mol. The van der Waals surface area contributed by atoms with E-state index in [0.29, 0.717) is 13.1 Å². The molecule has 2 heterocycles.